The fourth-order valence-corrected chi connectivity index (χ4v) is 4.48. The van der Waals surface area contributed by atoms with Gasteiger partial charge in [0, 0.05) is 12.5 Å². The molecule has 0 bridgehead atoms. The Labute approximate surface area is 169 Å². The number of imidazole rings is 1. The summed E-state index contributed by atoms with van der Waals surface area (Å²) in [7, 11) is -3.68. The second-order valence-corrected chi connectivity index (χ2v) is 9.25. The molecule has 12 heteroatoms. The molecule has 0 aromatic carbocycles. The van der Waals surface area contributed by atoms with Crippen LogP contribution in [0.5, 0.6) is 0 Å². The highest BCUT2D eigenvalue weighted by Crippen LogP contribution is 2.37. The van der Waals surface area contributed by atoms with Crippen LogP contribution in [0.1, 0.15) is 33.6 Å². The Kier molecular flexibility index (Phi) is 7.20. The van der Waals surface area contributed by atoms with Gasteiger partial charge in [-0.25, -0.2) is 20.0 Å². The van der Waals surface area contributed by atoms with E-state index in [0.717, 1.165) is 6.42 Å². The quantitative estimate of drug-likeness (QED) is 0.475. The van der Waals surface area contributed by atoms with Crippen LogP contribution in [0.2, 0.25) is 0 Å². The van der Waals surface area contributed by atoms with Crippen LogP contribution in [-0.4, -0.2) is 61.9 Å². The maximum Gasteiger partial charge on any atom is 0.292 e. The number of aromatic nitrogens is 4. The first-order chi connectivity index (χ1) is 13.8. The molecule has 1 saturated heterocycles. The number of ether oxygens (including phenoxy) is 3. The van der Waals surface area contributed by atoms with Crippen LogP contribution >= 0.6 is 7.52 Å². The Hall–Kier alpha value is -1.62. The van der Waals surface area contributed by atoms with Crippen molar-refractivity contribution in [3.8, 4) is 0 Å². The van der Waals surface area contributed by atoms with Gasteiger partial charge in [0.15, 0.2) is 17.8 Å². The predicted molar refractivity (Wildman–Crippen MR) is 107 cm³/mol. The van der Waals surface area contributed by atoms with E-state index in [2.05, 4.69) is 20.0 Å². The Bertz CT molecular complexity index is 864. The second-order valence-electron chi connectivity index (χ2n) is 7.33. The van der Waals surface area contributed by atoms with Gasteiger partial charge in [-0.2, -0.15) is 0 Å². The third-order valence-electron chi connectivity index (χ3n) is 4.65. The van der Waals surface area contributed by atoms with Gasteiger partial charge in [0.05, 0.1) is 31.7 Å². The number of hydrogen-bond donors (Lipinski definition) is 3. The van der Waals surface area contributed by atoms with E-state index in [9.17, 15) is 9.46 Å². The van der Waals surface area contributed by atoms with Crippen molar-refractivity contribution in [3.05, 3.63) is 12.7 Å². The lowest BCUT2D eigenvalue weighted by Gasteiger charge is -2.22. The van der Waals surface area contributed by atoms with Gasteiger partial charge in [0.25, 0.3) is 7.52 Å². The molecule has 0 spiro atoms. The molecule has 4 N–H and O–H groups in total. The van der Waals surface area contributed by atoms with E-state index in [1.807, 2.05) is 20.8 Å². The van der Waals surface area contributed by atoms with E-state index in [1.54, 1.807) is 10.9 Å². The summed E-state index contributed by atoms with van der Waals surface area (Å²) in [4.78, 5) is 22.5. The molecule has 1 aliphatic rings. The van der Waals surface area contributed by atoms with E-state index in [0.29, 0.717) is 36.6 Å². The average molecular weight is 428 g/mol. The molecule has 3 rings (SSSR count). The zero-order valence-electron chi connectivity index (χ0n) is 16.9. The zero-order chi connectivity index (χ0) is 21.0. The van der Waals surface area contributed by atoms with Crippen LogP contribution in [0.15, 0.2) is 12.7 Å². The van der Waals surface area contributed by atoms with Gasteiger partial charge in [-0.15, -0.1) is 0 Å². The number of fused-ring (bicyclic) bond motifs is 1. The molecule has 5 atom stereocenters. The SMILES string of the molecule is CCC1COC(CC(C)NP(=O)(O)CO[C@H](C)Cn2cnc3c(N)ncnc32)O1. The summed E-state index contributed by atoms with van der Waals surface area (Å²) in [6.45, 7) is 6.63. The monoisotopic (exact) mass is 428 g/mol. The van der Waals surface area contributed by atoms with E-state index in [-0.39, 0.29) is 30.9 Å². The van der Waals surface area contributed by atoms with Gasteiger partial charge in [-0.1, -0.05) is 6.92 Å². The summed E-state index contributed by atoms with van der Waals surface area (Å²) in [5.74, 6) is 0.306. The van der Waals surface area contributed by atoms with Gasteiger partial charge in [-0.05, 0) is 20.3 Å². The van der Waals surface area contributed by atoms with Gasteiger partial charge in [-0.3, -0.25) is 4.57 Å². The standard InChI is InChI=1S/C17H29N6O5P/c1-4-13-7-26-14(28-13)5-11(2)22-29(24,25)10-27-12(3)6-23-9-21-15-16(18)19-8-20-17(15)23/h8-9,11-14H,4-7,10H2,1-3H3,(H2,18,19,20)(H2,22,24,25)/t11?,12-,13?,14?/m1/s1. The fourth-order valence-electron chi connectivity index (χ4n) is 3.16. The minimum Gasteiger partial charge on any atom is -0.382 e. The normalized spacial score (nSPS) is 23.9. The summed E-state index contributed by atoms with van der Waals surface area (Å²) in [6.07, 6.45) is 3.42. The van der Waals surface area contributed by atoms with Crippen molar-refractivity contribution in [3.63, 3.8) is 0 Å². The van der Waals surface area contributed by atoms with Crippen LogP contribution in [-0.2, 0) is 25.3 Å². The molecule has 2 aromatic heterocycles. The highest BCUT2D eigenvalue weighted by Gasteiger charge is 2.29. The molecule has 29 heavy (non-hydrogen) atoms. The number of nitrogens with one attached hydrogen (secondary N) is 1. The third-order valence-corrected chi connectivity index (χ3v) is 6.00. The molecule has 11 nitrogen and oxygen atoms in total. The highest BCUT2D eigenvalue weighted by molar-refractivity contribution is 7.55. The Morgan fingerprint density at radius 1 is 1.45 bits per heavy atom. The zero-order valence-corrected chi connectivity index (χ0v) is 17.8. The molecule has 0 amide bonds. The number of nitrogen functional groups attached to an aromatic ring is 1. The minimum atomic E-state index is -3.68. The van der Waals surface area contributed by atoms with Crippen LogP contribution in [0.25, 0.3) is 11.2 Å². The van der Waals surface area contributed by atoms with Gasteiger partial charge >= 0.3 is 0 Å². The van der Waals surface area contributed by atoms with Gasteiger partial charge in [0.1, 0.15) is 18.2 Å². The molecule has 4 unspecified atom stereocenters. The van der Waals surface area contributed by atoms with E-state index < -0.39 is 7.52 Å². The summed E-state index contributed by atoms with van der Waals surface area (Å²) in [6, 6.07) is -0.261. The molecule has 2 aromatic rings. The molecule has 3 heterocycles. The van der Waals surface area contributed by atoms with E-state index >= 15 is 0 Å². The Balaban J connectivity index is 1.46. The topological polar surface area (TPSA) is 147 Å². The largest absolute Gasteiger partial charge is 0.382 e. The smallest absolute Gasteiger partial charge is 0.292 e. The van der Waals surface area contributed by atoms with Crippen LogP contribution in [0, 0.1) is 0 Å². The number of anilines is 1. The van der Waals surface area contributed by atoms with Crippen LogP contribution in [0.3, 0.4) is 0 Å². The van der Waals surface area contributed by atoms with Crippen LogP contribution < -0.4 is 10.8 Å². The van der Waals surface area contributed by atoms with Gasteiger partial charge in [0.2, 0.25) is 0 Å². The molecular weight excluding hydrogens is 399 g/mol. The lowest BCUT2D eigenvalue weighted by molar-refractivity contribution is -0.0658. The molecule has 1 aliphatic heterocycles. The Morgan fingerprint density at radius 2 is 2.24 bits per heavy atom. The third kappa shape index (κ3) is 5.94. The summed E-state index contributed by atoms with van der Waals surface area (Å²) < 4.78 is 31.1. The first kappa shape index (κ1) is 22.1. The fraction of sp³-hybridized carbons (Fsp3) is 0.706. The molecule has 0 radical (unpaired) electrons. The van der Waals surface area contributed by atoms with E-state index in [1.165, 1.54) is 6.33 Å². The lowest BCUT2D eigenvalue weighted by atomic mass is 10.2. The van der Waals surface area contributed by atoms with Crippen molar-refractivity contribution in [2.75, 3.05) is 18.7 Å². The summed E-state index contributed by atoms with van der Waals surface area (Å²) in [5, 5.41) is 2.74. The summed E-state index contributed by atoms with van der Waals surface area (Å²) in [5.41, 5.74) is 6.89. The van der Waals surface area contributed by atoms with Crippen molar-refractivity contribution >= 4 is 24.5 Å². The molecule has 0 aliphatic carbocycles. The average Bonchev–Trinajstić information content (AvgIpc) is 3.27. The maximum absolute atomic E-state index is 12.5. The minimum absolute atomic E-state index is 0.0946. The number of nitrogens with two attached hydrogens (primary N) is 1. The predicted octanol–water partition coefficient (Wildman–Crippen LogP) is 1.48. The molecular formula is C17H29N6O5P. The highest BCUT2D eigenvalue weighted by atomic mass is 31.2. The van der Waals surface area contributed by atoms with Crippen molar-refractivity contribution in [2.24, 2.45) is 0 Å². The van der Waals surface area contributed by atoms with E-state index in [4.69, 9.17) is 19.9 Å². The van der Waals surface area contributed by atoms with Crippen LogP contribution in [0.4, 0.5) is 5.82 Å². The maximum atomic E-state index is 12.5. The van der Waals surface area contributed by atoms with Crippen molar-refractivity contribution in [1.29, 1.82) is 0 Å². The molecule has 162 valence electrons. The van der Waals surface area contributed by atoms with Crippen molar-refractivity contribution in [2.45, 2.75) is 64.7 Å². The lowest BCUT2D eigenvalue weighted by Crippen LogP contribution is -2.30. The summed E-state index contributed by atoms with van der Waals surface area (Å²) >= 11 is 0. The van der Waals surface area contributed by atoms with Crippen molar-refractivity contribution < 1.29 is 23.7 Å². The Morgan fingerprint density at radius 3 is 2.97 bits per heavy atom. The molecule has 0 saturated carbocycles. The number of nitrogens with zero attached hydrogens (tertiary/aromatic N) is 4. The first-order valence-electron chi connectivity index (χ1n) is 9.67. The number of rotatable bonds is 10. The van der Waals surface area contributed by atoms with Crippen molar-refractivity contribution in [1.82, 2.24) is 24.6 Å². The first-order valence-corrected chi connectivity index (χ1v) is 11.5. The number of hydrogen-bond acceptors (Lipinski definition) is 8. The van der Waals surface area contributed by atoms with Gasteiger partial charge < -0.3 is 29.4 Å². The second kappa shape index (κ2) is 9.46. The molecule has 1 fully saturated rings.